The van der Waals surface area contributed by atoms with Crippen LogP contribution in [0.4, 0.5) is 5.82 Å². The molecule has 1 aliphatic rings. The van der Waals surface area contributed by atoms with Crippen LogP contribution in [-0.4, -0.2) is 48.0 Å². The van der Waals surface area contributed by atoms with Gasteiger partial charge in [0.05, 0.1) is 6.04 Å². The number of rotatable bonds is 4. The minimum Gasteiger partial charge on any atom is -0.353 e. The molecule has 2 rings (SSSR count). The molecule has 0 unspecified atom stereocenters. The van der Waals surface area contributed by atoms with Crippen molar-refractivity contribution in [3.05, 3.63) is 22.8 Å². The van der Waals surface area contributed by atoms with Crippen LogP contribution in [0.15, 0.2) is 22.8 Å². The Morgan fingerprint density at radius 2 is 1.87 bits per heavy atom. The molecule has 1 aromatic heterocycles. The minimum atomic E-state index is -0.373. The molecule has 1 saturated heterocycles. The lowest BCUT2D eigenvalue weighted by molar-refractivity contribution is -0.133. The summed E-state index contributed by atoms with van der Waals surface area (Å²) in [7, 11) is 0. The number of piperazine rings is 1. The zero-order valence-corrected chi connectivity index (χ0v) is 16.7. The summed E-state index contributed by atoms with van der Waals surface area (Å²) in [4.78, 5) is 20.8. The topological polar surface area (TPSA) is 62.5 Å². The molecular weight excluding hydrogens is 403 g/mol. The highest BCUT2D eigenvalue weighted by molar-refractivity contribution is 9.10. The van der Waals surface area contributed by atoms with Gasteiger partial charge in [0.25, 0.3) is 0 Å². The normalized spacial score (nSPS) is 15.7. The molecule has 1 aromatic rings. The number of anilines is 1. The van der Waals surface area contributed by atoms with E-state index in [2.05, 4.69) is 39.7 Å². The van der Waals surface area contributed by atoms with Crippen molar-refractivity contribution in [2.45, 2.75) is 26.3 Å². The molecule has 0 radical (unpaired) electrons. The second kappa shape index (κ2) is 10.3. The molecule has 8 heteroatoms. The zero-order chi connectivity index (χ0) is 15.4. The van der Waals surface area contributed by atoms with Crippen LogP contribution < -0.4 is 10.6 Å². The summed E-state index contributed by atoms with van der Waals surface area (Å²) < 4.78 is 0.972. The van der Waals surface area contributed by atoms with E-state index in [-0.39, 0.29) is 36.8 Å². The first kappa shape index (κ1) is 22.4. The van der Waals surface area contributed by atoms with Crippen molar-refractivity contribution in [1.29, 1.82) is 0 Å². The largest absolute Gasteiger partial charge is 0.353 e. The molecule has 0 bridgehead atoms. The van der Waals surface area contributed by atoms with E-state index in [1.165, 1.54) is 0 Å². The number of hydrogen-bond acceptors (Lipinski definition) is 4. The third-order valence-corrected chi connectivity index (χ3v) is 4.14. The lowest BCUT2D eigenvalue weighted by atomic mass is 10.0. The van der Waals surface area contributed by atoms with Crippen LogP contribution >= 0.6 is 40.7 Å². The van der Waals surface area contributed by atoms with E-state index in [4.69, 9.17) is 5.73 Å². The van der Waals surface area contributed by atoms with Crippen molar-refractivity contribution in [2.24, 2.45) is 11.7 Å². The number of halogens is 3. The highest BCUT2D eigenvalue weighted by Crippen LogP contribution is 2.17. The van der Waals surface area contributed by atoms with Crippen LogP contribution in [-0.2, 0) is 4.79 Å². The van der Waals surface area contributed by atoms with Gasteiger partial charge in [0.1, 0.15) is 5.82 Å². The maximum absolute atomic E-state index is 12.3. The lowest BCUT2D eigenvalue weighted by Gasteiger charge is -2.36. The van der Waals surface area contributed by atoms with E-state index in [1.807, 2.05) is 17.0 Å². The lowest BCUT2D eigenvalue weighted by Crippen LogP contribution is -2.53. The van der Waals surface area contributed by atoms with Crippen LogP contribution in [0.3, 0.4) is 0 Å². The highest BCUT2D eigenvalue weighted by atomic mass is 79.9. The third kappa shape index (κ3) is 6.45. The fourth-order valence-corrected chi connectivity index (χ4v) is 2.79. The molecule has 2 heterocycles. The first-order valence-electron chi connectivity index (χ1n) is 7.38. The van der Waals surface area contributed by atoms with Gasteiger partial charge < -0.3 is 15.5 Å². The molecule has 0 aliphatic carbocycles. The molecule has 1 atom stereocenters. The number of carbonyl (C=O) groups excluding carboxylic acids is 1. The predicted octanol–water partition coefficient (Wildman–Crippen LogP) is 2.71. The van der Waals surface area contributed by atoms with Crippen LogP contribution in [0.1, 0.15) is 20.3 Å². The summed E-state index contributed by atoms with van der Waals surface area (Å²) in [5.41, 5.74) is 5.99. The van der Waals surface area contributed by atoms with Gasteiger partial charge in [-0.1, -0.05) is 13.8 Å². The van der Waals surface area contributed by atoms with Crippen molar-refractivity contribution in [1.82, 2.24) is 9.88 Å². The molecule has 1 aliphatic heterocycles. The van der Waals surface area contributed by atoms with Gasteiger partial charge in [-0.2, -0.15) is 0 Å². The van der Waals surface area contributed by atoms with Crippen molar-refractivity contribution in [3.63, 3.8) is 0 Å². The standard InChI is InChI=1S/C15H23BrN4O.2ClH/c1-11(2)9-13(17)15(21)20-7-5-19(6-8-20)14-4-3-12(16)10-18-14;;/h3-4,10-11,13H,5-9,17H2,1-2H3;2*1H/t13-;;/m0../s1. The van der Waals surface area contributed by atoms with E-state index in [0.29, 0.717) is 19.0 Å². The summed E-state index contributed by atoms with van der Waals surface area (Å²) >= 11 is 3.39. The van der Waals surface area contributed by atoms with Crippen molar-refractivity contribution in [3.8, 4) is 0 Å². The number of amides is 1. The fourth-order valence-electron chi connectivity index (χ4n) is 2.55. The molecule has 0 saturated carbocycles. The zero-order valence-electron chi connectivity index (χ0n) is 13.4. The maximum Gasteiger partial charge on any atom is 0.239 e. The van der Waals surface area contributed by atoms with Crippen molar-refractivity contribution >= 4 is 52.5 Å². The molecule has 2 N–H and O–H groups in total. The Bertz CT molecular complexity index is 479. The van der Waals surface area contributed by atoms with Crippen molar-refractivity contribution in [2.75, 3.05) is 31.1 Å². The van der Waals surface area contributed by atoms with E-state index in [9.17, 15) is 4.79 Å². The molecule has 132 valence electrons. The molecule has 5 nitrogen and oxygen atoms in total. The molecule has 0 aromatic carbocycles. The van der Waals surface area contributed by atoms with Crippen LogP contribution in [0.5, 0.6) is 0 Å². The summed E-state index contributed by atoms with van der Waals surface area (Å²) in [5.74, 6) is 1.47. The quantitative estimate of drug-likeness (QED) is 0.802. The number of pyridine rings is 1. The van der Waals surface area contributed by atoms with Gasteiger partial charge in [0, 0.05) is 36.8 Å². The summed E-state index contributed by atoms with van der Waals surface area (Å²) in [6.07, 6.45) is 2.54. The fraction of sp³-hybridized carbons (Fsp3) is 0.600. The summed E-state index contributed by atoms with van der Waals surface area (Å²) in [5, 5.41) is 0. The summed E-state index contributed by atoms with van der Waals surface area (Å²) in [6, 6.07) is 3.60. The molecular formula is C15H25BrCl2N4O. The number of carbonyl (C=O) groups is 1. The van der Waals surface area contributed by atoms with Crippen LogP contribution in [0, 0.1) is 5.92 Å². The maximum atomic E-state index is 12.3. The van der Waals surface area contributed by atoms with E-state index in [1.54, 1.807) is 6.20 Å². The van der Waals surface area contributed by atoms with Gasteiger partial charge in [0.15, 0.2) is 0 Å². The first-order chi connectivity index (χ1) is 9.97. The van der Waals surface area contributed by atoms with Gasteiger partial charge in [-0.05, 0) is 40.4 Å². The second-order valence-corrected chi connectivity index (χ2v) is 6.80. The van der Waals surface area contributed by atoms with Gasteiger partial charge in [-0.15, -0.1) is 24.8 Å². The number of hydrogen-bond donors (Lipinski definition) is 1. The van der Waals surface area contributed by atoms with Crippen LogP contribution in [0.25, 0.3) is 0 Å². The minimum absolute atomic E-state index is 0. The molecule has 0 spiro atoms. The predicted molar refractivity (Wildman–Crippen MR) is 103 cm³/mol. The number of aromatic nitrogens is 1. The number of nitrogens with two attached hydrogens (primary N) is 1. The van der Waals surface area contributed by atoms with E-state index in [0.717, 1.165) is 29.8 Å². The van der Waals surface area contributed by atoms with Gasteiger partial charge >= 0.3 is 0 Å². The molecule has 23 heavy (non-hydrogen) atoms. The Hall–Kier alpha value is -0.560. The van der Waals surface area contributed by atoms with Gasteiger partial charge in [0.2, 0.25) is 5.91 Å². The first-order valence-corrected chi connectivity index (χ1v) is 8.17. The smallest absolute Gasteiger partial charge is 0.239 e. The second-order valence-electron chi connectivity index (χ2n) is 5.88. The average Bonchev–Trinajstić information content (AvgIpc) is 2.47. The Balaban J connectivity index is 0.00000242. The third-order valence-electron chi connectivity index (χ3n) is 3.67. The van der Waals surface area contributed by atoms with Crippen LogP contribution in [0.2, 0.25) is 0 Å². The Morgan fingerprint density at radius 3 is 2.35 bits per heavy atom. The summed E-state index contributed by atoms with van der Waals surface area (Å²) in [6.45, 7) is 7.20. The van der Waals surface area contributed by atoms with Gasteiger partial charge in [-0.25, -0.2) is 4.98 Å². The average molecular weight is 428 g/mol. The van der Waals surface area contributed by atoms with E-state index >= 15 is 0 Å². The molecule has 1 amide bonds. The molecule has 1 fully saturated rings. The SMILES string of the molecule is CC(C)C[C@H](N)C(=O)N1CCN(c2ccc(Br)cn2)CC1.Cl.Cl. The Labute approximate surface area is 158 Å². The number of nitrogens with zero attached hydrogens (tertiary/aromatic N) is 3. The van der Waals surface area contributed by atoms with Gasteiger partial charge in [-0.3, -0.25) is 4.79 Å². The Kier molecular flexibility index (Phi) is 10.1. The monoisotopic (exact) mass is 426 g/mol. The Morgan fingerprint density at radius 1 is 1.26 bits per heavy atom. The van der Waals surface area contributed by atoms with E-state index < -0.39 is 0 Å². The highest BCUT2D eigenvalue weighted by Gasteiger charge is 2.26. The van der Waals surface area contributed by atoms with Crippen molar-refractivity contribution < 1.29 is 4.79 Å².